The minimum Gasteiger partial charge on any atom is -0.380 e. The molecule has 0 bridgehead atoms. The maximum Gasteiger partial charge on any atom is 0.223 e. The Morgan fingerprint density at radius 3 is 2.59 bits per heavy atom. The van der Waals surface area contributed by atoms with E-state index in [0.29, 0.717) is 39.1 Å². The van der Waals surface area contributed by atoms with E-state index in [1.807, 2.05) is 49.1 Å². The second-order valence-corrected chi connectivity index (χ2v) is 5.73. The zero-order valence-corrected chi connectivity index (χ0v) is 13.5. The molecule has 4 nitrogen and oxygen atoms in total. The van der Waals surface area contributed by atoms with E-state index in [4.69, 9.17) is 4.74 Å². The highest BCUT2D eigenvalue weighted by Gasteiger charge is 2.44. The third-order valence-electron chi connectivity index (χ3n) is 4.51. The van der Waals surface area contributed by atoms with Gasteiger partial charge in [-0.15, -0.1) is 0 Å². The molecule has 1 aliphatic heterocycles. The molecule has 0 aliphatic carbocycles. The summed E-state index contributed by atoms with van der Waals surface area (Å²) in [5.41, 5.74) is 0.328. The zero-order valence-electron chi connectivity index (χ0n) is 13.5. The number of hydrogen-bond donors (Lipinski definition) is 0. The van der Waals surface area contributed by atoms with E-state index in [2.05, 4.69) is 0 Å². The van der Waals surface area contributed by atoms with Crippen LogP contribution >= 0.6 is 0 Å². The predicted octanol–water partition coefficient (Wildman–Crippen LogP) is 2.56. The lowest BCUT2D eigenvalue weighted by Gasteiger charge is -2.40. The lowest BCUT2D eigenvalue weighted by molar-refractivity contribution is -0.142. The number of carbonyl (C=O) groups excluding carboxylic acids is 2. The van der Waals surface area contributed by atoms with Crippen LogP contribution in [0.3, 0.4) is 0 Å². The molecule has 1 amide bonds. The van der Waals surface area contributed by atoms with Gasteiger partial charge < -0.3 is 9.64 Å². The molecule has 22 heavy (non-hydrogen) atoms. The van der Waals surface area contributed by atoms with Crippen LogP contribution < -0.4 is 0 Å². The van der Waals surface area contributed by atoms with Gasteiger partial charge in [0.1, 0.15) is 5.78 Å². The summed E-state index contributed by atoms with van der Waals surface area (Å²) in [5.74, 6) is 0.216. The summed E-state index contributed by atoms with van der Waals surface area (Å²) < 4.78 is 5.33. The molecule has 1 aliphatic rings. The van der Waals surface area contributed by atoms with Crippen LogP contribution in [0.15, 0.2) is 30.3 Å². The number of likely N-dealkylation sites (tertiary alicyclic amines) is 1. The fourth-order valence-electron chi connectivity index (χ4n) is 3.21. The summed E-state index contributed by atoms with van der Waals surface area (Å²) in [4.78, 5) is 26.9. The number of Topliss-reactive ketones (excluding diaryl/α,β-unsaturated/α-hetero) is 1. The van der Waals surface area contributed by atoms with Gasteiger partial charge in [-0.2, -0.15) is 0 Å². The predicted molar refractivity (Wildman–Crippen MR) is 85.7 cm³/mol. The third kappa shape index (κ3) is 3.38. The smallest absolute Gasteiger partial charge is 0.223 e. The van der Waals surface area contributed by atoms with E-state index in [9.17, 15) is 9.59 Å². The van der Waals surface area contributed by atoms with Crippen molar-refractivity contribution < 1.29 is 14.3 Å². The number of amides is 1. The quantitative estimate of drug-likeness (QED) is 0.727. The molecule has 0 radical (unpaired) electrons. The molecular weight excluding hydrogens is 278 g/mol. The van der Waals surface area contributed by atoms with Gasteiger partial charge in [-0.05, 0) is 18.9 Å². The monoisotopic (exact) mass is 303 g/mol. The first kappa shape index (κ1) is 16.7. The molecule has 4 heteroatoms. The highest BCUT2D eigenvalue weighted by molar-refractivity contribution is 5.95. The lowest BCUT2D eigenvalue weighted by atomic mass is 9.69. The number of nitrogens with zero attached hydrogens (tertiary/aromatic N) is 1. The Bertz CT molecular complexity index is 514. The first-order valence-corrected chi connectivity index (χ1v) is 8.08. The second kappa shape index (κ2) is 7.54. The minimum atomic E-state index is -0.644. The van der Waals surface area contributed by atoms with Crippen LogP contribution in [0.25, 0.3) is 0 Å². The maximum atomic E-state index is 12.6. The van der Waals surface area contributed by atoms with Crippen molar-refractivity contribution >= 4 is 11.7 Å². The van der Waals surface area contributed by atoms with Crippen LogP contribution in [-0.4, -0.2) is 42.9 Å². The number of hydrogen-bond acceptors (Lipinski definition) is 3. The summed E-state index contributed by atoms with van der Waals surface area (Å²) in [6.45, 7) is 6.26. The average molecular weight is 303 g/mol. The van der Waals surface area contributed by atoms with Crippen LogP contribution in [-0.2, 0) is 19.7 Å². The molecule has 120 valence electrons. The number of piperidine rings is 1. The topological polar surface area (TPSA) is 46.6 Å². The Kier molecular flexibility index (Phi) is 5.72. The molecule has 1 aromatic carbocycles. The SMILES string of the molecule is CCOCCN1CCC(C(=O)CC)(c2ccccc2)CC1=O. The molecule has 0 saturated carbocycles. The van der Waals surface area contributed by atoms with Crippen LogP contribution in [0.2, 0.25) is 0 Å². The van der Waals surface area contributed by atoms with Crippen molar-refractivity contribution in [3.05, 3.63) is 35.9 Å². The van der Waals surface area contributed by atoms with Crippen LogP contribution in [0.1, 0.15) is 38.7 Å². The van der Waals surface area contributed by atoms with E-state index < -0.39 is 5.41 Å². The van der Waals surface area contributed by atoms with E-state index in [0.717, 1.165) is 5.56 Å². The maximum absolute atomic E-state index is 12.6. The van der Waals surface area contributed by atoms with Crippen LogP contribution in [0.5, 0.6) is 0 Å². The Hall–Kier alpha value is -1.68. The van der Waals surface area contributed by atoms with Crippen LogP contribution in [0, 0.1) is 0 Å². The minimum absolute atomic E-state index is 0.0524. The standard InChI is InChI=1S/C18H25NO3/c1-3-16(20)18(15-8-6-5-7-9-15)10-11-19(17(21)14-18)12-13-22-4-2/h5-9H,3-4,10-14H2,1-2H3. The zero-order chi connectivity index (χ0) is 16.0. The molecule has 2 rings (SSSR count). The van der Waals surface area contributed by atoms with E-state index in [1.165, 1.54) is 0 Å². The van der Waals surface area contributed by atoms with Gasteiger partial charge in [-0.1, -0.05) is 37.3 Å². The number of ether oxygens (including phenoxy) is 1. The van der Waals surface area contributed by atoms with Gasteiger partial charge in [0.2, 0.25) is 5.91 Å². The Morgan fingerprint density at radius 2 is 2.00 bits per heavy atom. The van der Waals surface area contributed by atoms with Gasteiger partial charge in [0.25, 0.3) is 0 Å². The van der Waals surface area contributed by atoms with Crippen molar-refractivity contribution in [3.8, 4) is 0 Å². The van der Waals surface area contributed by atoms with Crippen molar-refractivity contribution in [2.75, 3.05) is 26.3 Å². The van der Waals surface area contributed by atoms with Gasteiger partial charge in [0.15, 0.2) is 0 Å². The Morgan fingerprint density at radius 1 is 1.27 bits per heavy atom. The fourth-order valence-corrected chi connectivity index (χ4v) is 3.21. The molecule has 1 unspecified atom stereocenters. The van der Waals surface area contributed by atoms with E-state index >= 15 is 0 Å². The molecule has 1 atom stereocenters. The molecule has 0 spiro atoms. The molecule has 1 saturated heterocycles. The Labute approximate surface area is 132 Å². The van der Waals surface area contributed by atoms with Crippen molar-refractivity contribution in [1.82, 2.24) is 4.90 Å². The van der Waals surface area contributed by atoms with Crippen LogP contribution in [0.4, 0.5) is 0 Å². The first-order valence-electron chi connectivity index (χ1n) is 8.08. The highest BCUT2D eigenvalue weighted by atomic mass is 16.5. The summed E-state index contributed by atoms with van der Waals surface area (Å²) >= 11 is 0. The highest BCUT2D eigenvalue weighted by Crippen LogP contribution is 2.37. The van der Waals surface area contributed by atoms with Gasteiger partial charge in [-0.25, -0.2) is 0 Å². The normalized spacial score (nSPS) is 21.9. The van der Waals surface area contributed by atoms with E-state index in [1.54, 1.807) is 0 Å². The van der Waals surface area contributed by atoms with Gasteiger partial charge in [0.05, 0.1) is 12.0 Å². The Balaban J connectivity index is 2.17. The van der Waals surface area contributed by atoms with Gasteiger partial charge in [-0.3, -0.25) is 9.59 Å². The van der Waals surface area contributed by atoms with Crippen molar-refractivity contribution in [1.29, 1.82) is 0 Å². The molecule has 1 aromatic rings. The van der Waals surface area contributed by atoms with E-state index in [-0.39, 0.29) is 18.1 Å². The summed E-state index contributed by atoms with van der Waals surface area (Å²) in [6.07, 6.45) is 1.43. The summed E-state index contributed by atoms with van der Waals surface area (Å²) in [5, 5.41) is 0. The summed E-state index contributed by atoms with van der Waals surface area (Å²) in [6, 6.07) is 9.75. The lowest BCUT2D eigenvalue weighted by Crippen LogP contribution is -2.50. The van der Waals surface area contributed by atoms with Gasteiger partial charge >= 0.3 is 0 Å². The molecule has 1 heterocycles. The first-order chi connectivity index (χ1) is 10.6. The fraction of sp³-hybridized carbons (Fsp3) is 0.556. The van der Waals surface area contributed by atoms with Crippen molar-refractivity contribution in [3.63, 3.8) is 0 Å². The number of ketones is 1. The number of rotatable bonds is 7. The molecular formula is C18H25NO3. The molecule has 1 fully saturated rings. The third-order valence-corrected chi connectivity index (χ3v) is 4.51. The number of benzene rings is 1. The molecule has 0 aromatic heterocycles. The second-order valence-electron chi connectivity index (χ2n) is 5.73. The summed E-state index contributed by atoms with van der Waals surface area (Å²) in [7, 11) is 0. The van der Waals surface area contributed by atoms with Crippen molar-refractivity contribution in [2.24, 2.45) is 0 Å². The average Bonchev–Trinajstić information content (AvgIpc) is 2.56. The largest absolute Gasteiger partial charge is 0.380 e. The molecule has 0 N–H and O–H groups in total. The van der Waals surface area contributed by atoms with Crippen molar-refractivity contribution in [2.45, 2.75) is 38.5 Å². The number of carbonyl (C=O) groups is 2. The van der Waals surface area contributed by atoms with Gasteiger partial charge in [0, 0.05) is 32.5 Å².